The molecule has 88 valence electrons. The first-order valence-corrected chi connectivity index (χ1v) is 6.39. The number of halogens is 2. The van der Waals surface area contributed by atoms with Crippen molar-refractivity contribution >= 4 is 23.2 Å². The molecule has 0 aliphatic carbocycles. The Hall–Kier alpha value is -0.280. The van der Waals surface area contributed by atoms with Gasteiger partial charge in [-0.1, -0.05) is 29.3 Å². The van der Waals surface area contributed by atoms with Gasteiger partial charge in [0.25, 0.3) is 0 Å². The van der Waals surface area contributed by atoms with Crippen LogP contribution < -0.4 is 10.6 Å². The zero-order chi connectivity index (χ0) is 11.4. The quantitative estimate of drug-likeness (QED) is 0.868. The highest BCUT2D eigenvalue weighted by Gasteiger charge is 2.12. The Labute approximate surface area is 106 Å². The van der Waals surface area contributed by atoms with E-state index in [2.05, 4.69) is 10.6 Å². The fraction of sp³-hybridized carbons (Fsp3) is 0.500. The number of rotatable bonds is 4. The van der Waals surface area contributed by atoms with Crippen molar-refractivity contribution in [3.8, 4) is 0 Å². The molecule has 2 N–H and O–H groups in total. The maximum atomic E-state index is 6.10. The van der Waals surface area contributed by atoms with Gasteiger partial charge < -0.3 is 10.6 Å². The van der Waals surface area contributed by atoms with Crippen molar-refractivity contribution in [3.05, 3.63) is 33.8 Å². The molecule has 2 rings (SSSR count). The molecule has 0 amide bonds. The van der Waals surface area contributed by atoms with Crippen molar-refractivity contribution in [1.82, 2.24) is 10.6 Å². The molecule has 0 radical (unpaired) electrons. The molecule has 2 nitrogen and oxygen atoms in total. The first-order chi connectivity index (χ1) is 7.75. The van der Waals surface area contributed by atoms with E-state index in [0.29, 0.717) is 11.1 Å². The largest absolute Gasteiger partial charge is 0.315 e. The molecular weight excluding hydrogens is 243 g/mol. The molecule has 1 heterocycles. The van der Waals surface area contributed by atoms with Crippen LogP contribution in [0.15, 0.2) is 18.2 Å². The van der Waals surface area contributed by atoms with Crippen molar-refractivity contribution in [3.63, 3.8) is 0 Å². The zero-order valence-corrected chi connectivity index (χ0v) is 10.6. The van der Waals surface area contributed by atoms with Crippen LogP contribution in [0.4, 0.5) is 0 Å². The molecule has 4 heteroatoms. The molecule has 1 aromatic carbocycles. The van der Waals surface area contributed by atoms with Crippen LogP contribution in [0.1, 0.15) is 12.0 Å². The van der Waals surface area contributed by atoms with Crippen LogP contribution in [-0.2, 0) is 6.42 Å². The molecule has 1 atom stereocenters. The van der Waals surface area contributed by atoms with Crippen molar-refractivity contribution < 1.29 is 0 Å². The smallest absolute Gasteiger partial charge is 0.0453 e. The summed E-state index contributed by atoms with van der Waals surface area (Å²) in [5.74, 6) is 0. The van der Waals surface area contributed by atoms with E-state index < -0.39 is 0 Å². The molecule has 0 aromatic heterocycles. The highest BCUT2D eigenvalue weighted by Crippen LogP contribution is 2.21. The molecule has 1 unspecified atom stereocenters. The zero-order valence-electron chi connectivity index (χ0n) is 9.10. The lowest BCUT2D eigenvalue weighted by atomic mass is 10.1. The van der Waals surface area contributed by atoms with Crippen LogP contribution in [-0.4, -0.2) is 25.7 Å². The molecule has 0 spiro atoms. The third-order valence-electron chi connectivity index (χ3n) is 2.90. The molecule has 16 heavy (non-hydrogen) atoms. The number of benzene rings is 1. The van der Waals surface area contributed by atoms with Crippen LogP contribution in [0.5, 0.6) is 0 Å². The van der Waals surface area contributed by atoms with E-state index in [4.69, 9.17) is 23.2 Å². The topological polar surface area (TPSA) is 24.1 Å². The molecule has 1 fully saturated rings. The van der Waals surface area contributed by atoms with Crippen LogP contribution in [0.3, 0.4) is 0 Å². The van der Waals surface area contributed by atoms with Gasteiger partial charge in [0.2, 0.25) is 0 Å². The van der Waals surface area contributed by atoms with Crippen molar-refractivity contribution in [2.75, 3.05) is 19.6 Å². The van der Waals surface area contributed by atoms with Gasteiger partial charge in [-0.05, 0) is 43.6 Å². The van der Waals surface area contributed by atoms with E-state index in [1.54, 1.807) is 6.07 Å². The van der Waals surface area contributed by atoms with Gasteiger partial charge in [-0.3, -0.25) is 0 Å². The van der Waals surface area contributed by atoms with E-state index in [1.165, 1.54) is 6.42 Å². The molecule has 0 saturated carbocycles. The fourth-order valence-corrected chi connectivity index (χ4v) is 2.47. The van der Waals surface area contributed by atoms with Crippen LogP contribution >= 0.6 is 23.2 Å². The number of hydrogen-bond donors (Lipinski definition) is 2. The molecule has 0 bridgehead atoms. The van der Waals surface area contributed by atoms with Crippen molar-refractivity contribution in [1.29, 1.82) is 0 Å². The van der Waals surface area contributed by atoms with E-state index in [-0.39, 0.29) is 0 Å². The Balaban J connectivity index is 1.80. The first kappa shape index (κ1) is 12.2. The Kier molecular flexibility index (Phi) is 4.47. The molecular formula is C12H16Cl2N2. The lowest BCUT2D eigenvalue weighted by Crippen LogP contribution is -2.32. The van der Waals surface area contributed by atoms with Gasteiger partial charge in [0.1, 0.15) is 0 Å². The molecule has 1 aliphatic rings. The summed E-state index contributed by atoms with van der Waals surface area (Å²) in [6.07, 6.45) is 2.17. The second kappa shape index (κ2) is 5.87. The van der Waals surface area contributed by atoms with Gasteiger partial charge in [-0.15, -0.1) is 0 Å². The monoisotopic (exact) mass is 258 g/mol. The lowest BCUT2D eigenvalue weighted by molar-refractivity contribution is 0.550. The normalized spacial score (nSPS) is 20.2. The Morgan fingerprint density at radius 1 is 1.38 bits per heavy atom. The Morgan fingerprint density at radius 2 is 2.25 bits per heavy atom. The summed E-state index contributed by atoms with van der Waals surface area (Å²) in [5.41, 5.74) is 1.16. The summed E-state index contributed by atoms with van der Waals surface area (Å²) in [6.45, 7) is 3.17. The minimum atomic E-state index is 0.617. The molecule has 1 aromatic rings. The minimum absolute atomic E-state index is 0.617. The summed E-state index contributed by atoms with van der Waals surface area (Å²) < 4.78 is 0. The Bertz CT molecular complexity index is 349. The number of hydrogen-bond acceptors (Lipinski definition) is 2. The van der Waals surface area contributed by atoms with Gasteiger partial charge in [0.05, 0.1) is 0 Å². The summed E-state index contributed by atoms with van der Waals surface area (Å²) >= 11 is 11.9. The van der Waals surface area contributed by atoms with Gasteiger partial charge in [-0.25, -0.2) is 0 Å². The minimum Gasteiger partial charge on any atom is -0.315 e. The fourth-order valence-electron chi connectivity index (χ4n) is 1.96. The van der Waals surface area contributed by atoms with Crippen LogP contribution in [0, 0.1) is 0 Å². The average molecular weight is 259 g/mol. The predicted molar refractivity (Wildman–Crippen MR) is 69.4 cm³/mol. The Morgan fingerprint density at radius 3 is 2.94 bits per heavy atom. The van der Waals surface area contributed by atoms with E-state index in [0.717, 1.165) is 36.6 Å². The second-order valence-corrected chi connectivity index (χ2v) is 4.97. The third-order valence-corrected chi connectivity index (χ3v) is 3.49. The summed E-state index contributed by atoms with van der Waals surface area (Å²) in [4.78, 5) is 0. The van der Waals surface area contributed by atoms with Crippen molar-refractivity contribution in [2.24, 2.45) is 0 Å². The SMILES string of the molecule is Clc1ccc(CCNC2CCNC2)c(Cl)c1. The predicted octanol–water partition coefficient (Wildman–Crippen LogP) is 2.49. The van der Waals surface area contributed by atoms with Crippen LogP contribution in [0.25, 0.3) is 0 Å². The van der Waals surface area contributed by atoms with Gasteiger partial charge in [0, 0.05) is 22.6 Å². The highest BCUT2D eigenvalue weighted by molar-refractivity contribution is 6.35. The molecule has 1 aliphatic heterocycles. The second-order valence-electron chi connectivity index (χ2n) is 4.13. The van der Waals surface area contributed by atoms with E-state index >= 15 is 0 Å². The van der Waals surface area contributed by atoms with Crippen molar-refractivity contribution in [2.45, 2.75) is 18.9 Å². The molecule has 1 saturated heterocycles. The standard InChI is InChI=1S/C12H16Cl2N2/c13-10-2-1-9(12(14)7-10)3-6-16-11-4-5-15-8-11/h1-2,7,11,15-16H,3-6,8H2. The van der Waals surface area contributed by atoms with Gasteiger partial charge >= 0.3 is 0 Å². The average Bonchev–Trinajstić information content (AvgIpc) is 2.74. The number of nitrogens with one attached hydrogen (secondary N) is 2. The van der Waals surface area contributed by atoms with E-state index in [1.807, 2.05) is 12.1 Å². The highest BCUT2D eigenvalue weighted by atomic mass is 35.5. The van der Waals surface area contributed by atoms with E-state index in [9.17, 15) is 0 Å². The summed E-state index contributed by atoms with van der Waals surface area (Å²) in [6, 6.07) is 6.31. The van der Waals surface area contributed by atoms with Crippen LogP contribution in [0.2, 0.25) is 10.0 Å². The first-order valence-electron chi connectivity index (χ1n) is 5.64. The lowest BCUT2D eigenvalue weighted by Gasteiger charge is -2.11. The summed E-state index contributed by atoms with van der Waals surface area (Å²) in [5, 5.41) is 8.31. The maximum absolute atomic E-state index is 6.10. The third kappa shape index (κ3) is 3.36. The summed E-state index contributed by atoms with van der Waals surface area (Å²) in [7, 11) is 0. The van der Waals surface area contributed by atoms with Gasteiger partial charge in [0.15, 0.2) is 0 Å². The van der Waals surface area contributed by atoms with Gasteiger partial charge in [-0.2, -0.15) is 0 Å². The maximum Gasteiger partial charge on any atom is 0.0453 e.